The molecule has 3 heteroatoms. The third kappa shape index (κ3) is 3.47. The molecule has 0 aliphatic carbocycles. The van der Waals surface area contributed by atoms with Crippen LogP contribution < -0.4 is 0 Å². The van der Waals surface area contributed by atoms with Gasteiger partial charge in [0, 0.05) is 37.4 Å². The van der Waals surface area contributed by atoms with Crippen LogP contribution in [0.4, 0.5) is 0 Å². The van der Waals surface area contributed by atoms with Gasteiger partial charge in [-0.1, -0.05) is 88.7 Å². The SMILES string of the molecule is Brc1ccc2c(c1)c1cc(-n3c4ccccc4c4cc(-c5ccccc5)ccc43)ccc1n2-c1ccccc1. The van der Waals surface area contributed by atoms with Crippen molar-refractivity contribution in [3.8, 4) is 22.5 Å². The number of nitrogens with zero attached hydrogens (tertiary/aromatic N) is 2. The lowest BCUT2D eigenvalue weighted by molar-refractivity contribution is 1.16. The maximum Gasteiger partial charge on any atom is 0.0542 e. The monoisotopic (exact) mass is 562 g/mol. The zero-order valence-electron chi connectivity index (χ0n) is 21.1. The summed E-state index contributed by atoms with van der Waals surface area (Å²) in [6.07, 6.45) is 0. The number of hydrogen-bond donors (Lipinski definition) is 0. The average Bonchev–Trinajstić information content (AvgIpc) is 3.50. The Morgan fingerprint density at radius 1 is 0.359 bits per heavy atom. The fraction of sp³-hybridized carbons (Fsp3) is 0. The maximum atomic E-state index is 3.72. The van der Waals surface area contributed by atoms with Crippen LogP contribution in [-0.2, 0) is 0 Å². The van der Waals surface area contributed by atoms with Gasteiger partial charge in [-0.15, -0.1) is 0 Å². The van der Waals surface area contributed by atoms with Crippen LogP contribution in [0.15, 0.2) is 144 Å². The molecule has 2 nitrogen and oxygen atoms in total. The van der Waals surface area contributed by atoms with E-state index in [0.717, 1.165) is 15.8 Å². The van der Waals surface area contributed by atoms with Crippen molar-refractivity contribution in [2.24, 2.45) is 0 Å². The second-order valence-corrected chi connectivity index (χ2v) is 10.9. The Labute approximate surface area is 234 Å². The highest BCUT2D eigenvalue weighted by atomic mass is 79.9. The summed E-state index contributed by atoms with van der Waals surface area (Å²) in [5, 5.41) is 5.00. The number of rotatable bonds is 3. The van der Waals surface area contributed by atoms with E-state index in [-0.39, 0.29) is 0 Å². The second-order valence-electron chi connectivity index (χ2n) is 9.98. The molecule has 2 heterocycles. The molecular weight excluding hydrogens is 540 g/mol. The molecule has 0 saturated heterocycles. The highest BCUT2D eigenvalue weighted by molar-refractivity contribution is 9.10. The van der Waals surface area contributed by atoms with Gasteiger partial charge in [-0.05, 0) is 77.9 Å². The summed E-state index contributed by atoms with van der Waals surface area (Å²) in [4.78, 5) is 0. The summed E-state index contributed by atoms with van der Waals surface area (Å²) >= 11 is 3.72. The molecule has 0 saturated carbocycles. The smallest absolute Gasteiger partial charge is 0.0542 e. The van der Waals surface area contributed by atoms with E-state index in [0.29, 0.717) is 0 Å². The first-order chi connectivity index (χ1) is 19.3. The molecule has 0 amide bonds. The number of hydrogen-bond acceptors (Lipinski definition) is 0. The van der Waals surface area contributed by atoms with Crippen LogP contribution in [0, 0.1) is 0 Å². The molecule has 39 heavy (non-hydrogen) atoms. The molecule has 0 aliphatic heterocycles. The van der Waals surface area contributed by atoms with Gasteiger partial charge in [0.25, 0.3) is 0 Å². The lowest BCUT2D eigenvalue weighted by Gasteiger charge is -2.10. The van der Waals surface area contributed by atoms with Crippen LogP contribution in [0.3, 0.4) is 0 Å². The minimum Gasteiger partial charge on any atom is -0.309 e. The molecule has 0 radical (unpaired) electrons. The number of benzene rings is 6. The van der Waals surface area contributed by atoms with Crippen molar-refractivity contribution in [2.45, 2.75) is 0 Å². The lowest BCUT2D eigenvalue weighted by Crippen LogP contribution is -1.95. The first-order valence-corrected chi connectivity index (χ1v) is 13.9. The van der Waals surface area contributed by atoms with Gasteiger partial charge in [0.2, 0.25) is 0 Å². The highest BCUT2D eigenvalue weighted by Crippen LogP contribution is 2.38. The van der Waals surface area contributed by atoms with Crippen molar-refractivity contribution >= 4 is 59.5 Å². The Kier molecular flexibility index (Phi) is 5.01. The molecule has 8 rings (SSSR count). The summed E-state index contributed by atoms with van der Waals surface area (Å²) in [5.41, 5.74) is 9.62. The Morgan fingerprint density at radius 2 is 0.923 bits per heavy atom. The van der Waals surface area contributed by atoms with Gasteiger partial charge in [-0.2, -0.15) is 0 Å². The largest absolute Gasteiger partial charge is 0.309 e. The van der Waals surface area contributed by atoms with Crippen LogP contribution >= 0.6 is 15.9 Å². The molecule has 0 fully saturated rings. The first-order valence-electron chi connectivity index (χ1n) is 13.1. The molecule has 2 aromatic heterocycles. The van der Waals surface area contributed by atoms with Crippen molar-refractivity contribution in [2.75, 3.05) is 0 Å². The van der Waals surface area contributed by atoms with Gasteiger partial charge in [-0.3, -0.25) is 0 Å². The standard InChI is InChI=1S/C36H23BrN2/c37-26-16-19-35-31(22-26)32-23-28(17-20-36(32)38(35)27-11-5-2-6-12-27)39-33-14-8-7-13-29(33)30-21-25(15-18-34(30)39)24-9-3-1-4-10-24/h1-23H. The average molecular weight is 563 g/mol. The van der Waals surface area contributed by atoms with Crippen molar-refractivity contribution < 1.29 is 0 Å². The van der Waals surface area contributed by atoms with E-state index in [1.807, 2.05) is 0 Å². The second kappa shape index (κ2) is 8.72. The molecule has 0 bridgehead atoms. The van der Waals surface area contributed by atoms with Crippen molar-refractivity contribution in [1.29, 1.82) is 0 Å². The summed E-state index contributed by atoms with van der Waals surface area (Å²) in [5.74, 6) is 0. The predicted octanol–water partition coefficient (Wildman–Crippen LogP) is 10.3. The summed E-state index contributed by atoms with van der Waals surface area (Å²) in [6, 6.07) is 50.2. The fourth-order valence-corrected chi connectivity index (χ4v) is 6.40. The van der Waals surface area contributed by atoms with Gasteiger partial charge in [0.15, 0.2) is 0 Å². The van der Waals surface area contributed by atoms with E-state index in [4.69, 9.17) is 0 Å². The van der Waals surface area contributed by atoms with Crippen LogP contribution in [-0.4, -0.2) is 9.13 Å². The van der Waals surface area contributed by atoms with E-state index >= 15 is 0 Å². The fourth-order valence-electron chi connectivity index (χ4n) is 6.04. The topological polar surface area (TPSA) is 9.86 Å². The van der Waals surface area contributed by atoms with E-state index in [1.54, 1.807) is 0 Å². The molecule has 8 aromatic rings. The first kappa shape index (κ1) is 22.4. The Balaban J connectivity index is 1.42. The molecule has 6 aromatic carbocycles. The summed E-state index contributed by atoms with van der Waals surface area (Å²) < 4.78 is 5.85. The van der Waals surface area contributed by atoms with Gasteiger partial charge < -0.3 is 9.13 Å². The molecule has 184 valence electrons. The third-order valence-corrected chi connectivity index (χ3v) is 8.26. The molecule has 0 aliphatic rings. The quantitative estimate of drug-likeness (QED) is 0.202. The lowest BCUT2D eigenvalue weighted by atomic mass is 10.0. The van der Waals surface area contributed by atoms with Crippen LogP contribution in [0.25, 0.3) is 66.1 Å². The van der Waals surface area contributed by atoms with Crippen molar-refractivity contribution in [3.05, 3.63) is 144 Å². The van der Waals surface area contributed by atoms with Crippen molar-refractivity contribution in [1.82, 2.24) is 9.13 Å². The van der Waals surface area contributed by atoms with E-state index in [2.05, 4.69) is 165 Å². The van der Waals surface area contributed by atoms with Crippen LogP contribution in [0.5, 0.6) is 0 Å². The van der Waals surface area contributed by atoms with E-state index in [1.165, 1.54) is 54.7 Å². The Hall–Kier alpha value is -4.60. The molecular formula is C36H23BrN2. The predicted molar refractivity (Wildman–Crippen MR) is 168 cm³/mol. The number of halogens is 1. The Bertz CT molecular complexity index is 2170. The van der Waals surface area contributed by atoms with Crippen molar-refractivity contribution in [3.63, 3.8) is 0 Å². The minimum absolute atomic E-state index is 1.08. The van der Waals surface area contributed by atoms with Crippen LogP contribution in [0.2, 0.25) is 0 Å². The number of fused-ring (bicyclic) bond motifs is 6. The normalized spacial score (nSPS) is 11.7. The van der Waals surface area contributed by atoms with E-state index < -0.39 is 0 Å². The number of aromatic nitrogens is 2. The van der Waals surface area contributed by atoms with Gasteiger partial charge in [0.1, 0.15) is 0 Å². The van der Waals surface area contributed by atoms with Gasteiger partial charge >= 0.3 is 0 Å². The number of para-hydroxylation sites is 2. The Morgan fingerprint density at radius 3 is 1.72 bits per heavy atom. The molecule has 0 spiro atoms. The summed E-state index contributed by atoms with van der Waals surface area (Å²) in [6.45, 7) is 0. The molecule has 0 unspecified atom stereocenters. The maximum absolute atomic E-state index is 3.72. The molecule has 0 atom stereocenters. The zero-order chi connectivity index (χ0) is 25.9. The van der Waals surface area contributed by atoms with E-state index in [9.17, 15) is 0 Å². The van der Waals surface area contributed by atoms with Gasteiger partial charge in [0.05, 0.1) is 22.1 Å². The zero-order valence-corrected chi connectivity index (χ0v) is 22.6. The summed E-state index contributed by atoms with van der Waals surface area (Å²) in [7, 11) is 0. The highest BCUT2D eigenvalue weighted by Gasteiger charge is 2.17. The third-order valence-electron chi connectivity index (χ3n) is 7.76. The van der Waals surface area contributed by atoms with Crippen LogP contribution in [0.1, 0.15) is 0 Å². The molecule has 0 N–H and O–H groups in total. The van der Waals surface area contributed by atoms with Gasteiger partial charge in [-0.25, -0.2) is 0 Å². The minimum atomic E-state index is 1.08.